The Morgan fingerprint density at radius 3 is 2.91 bits per heavy atom. The van der Waals surface area contributed by atoms with Crippen LogP contribution in [0, 0.1) is 0 Å². The van der Waals surface area contributed by atoms with Crippen LogP contribution in [0.3, 0.4) is 0 Å². The Balaban J connectivity index is 0.000000605. The minimum atomic E-state index is 0. The van der Waals surface area contributed by atoms with Crippen molar-refractivity contribution in [1.29, 1.82) is 0 Å². The average Bonchev–Trinajstić information content (AvgIpc) is 2.05. The van der Waals surface area contributed by atoms with Crippen molar-refractivity contribution in [2.75, 3.05) is 6.73 Å². The SMILES string of the molecule is C1=c2ccccc2=NCO1.Cl. The second kappa shape index (κ2) is 3.39. The highest BCUT2D eigenvalue weighted by Gasteiger charge is 1.89. The van der Waals surface area contributed by atoms with Crippen LogP contribution >= 0.6 is 12.4 Å². The van der Waals surface area contributed by atoms with Gasteiger partial charge in [0.05, 0.1) is 11.6 Å². The predicted molar refractivity (Wildman–Crippen MR) is 44.9 cm³/mol. The van der Waals surface area contributed by atoms with Gasteiger partial charge in [0.1, 0.15) is 0 Å². The number of benzene rings is 1. The van der Waals surface area contributed by atoms with Crippen LogP contribution in [-0.4, -0.2) is 6.73 Å². The van der Waals surface area contributed by atoms with Crippen LogP contribution in [-0.2, 0) is 4.74 Å². The average molecular weight is 170 g/mol. The minimum absolute atomic E-state index is 0. The zero-order valence-corrected chi connectivity index (χ0v) is 6.67. The van der Waals surface area contributed by atoms with Gasteiger partial charge in [-0.25, -0.2) is 4.99 Å². The summed E-state index contributed by atoms with van der Waals surface area (Å²) in [5, 5.41) is 2.09. The zero-order chi connectivity index (χ0) is 6.81. The van der Waals surface area contributed by atoms with Crippen molar-refractivity contribution in [2.45, 2.75) is 0 Å². The highest BCUT2D eigenvalue weighted by Crippen LogP contribution is 1.81. The molecule has 1 aliphatic heterocycles. The Morgan fingerprint density at radius 1 is 1.27 bits per heavy atom. The van der Waals surface area contributed by atoms with Crippen LogP contribution < -0.4 is 10.6 Å². The Bertz CT molecular complexity index is 312. The summed E-state index contributed by atoms with van der Waals surface area (Å²) >= 11 is 0. The fourth-order valence-electron chi connectivity index (χ4n) is 0.965. The maximum atomic E-state index is 5.00. The normalized spacial score (nSPS) is 12.7. The molecule has 1 aromatic carbocycles. The van der Waals surface area contributed by atoms with Crippen molar-refractivity contribution < 1.29 is 4.74 Å². The maximum absolute atomic E-state index is 5.00. The van der Waals surface area contributed by atoms with Crippen molar-refractivity contribution in [2.24, 2.45) is 4.99 Å². The van der Waals surface area contributed by atoms with Crippen LogP contribution in [0.25, 0.3) is 6.26 Å². The van der Waals surface area contributed by atoms with Crippen molar-refractivity contribution in [1.82, 2.24) is 0 Å². The number of rotatable bonds is 0. The summed E-state index contributed by atoms with van der Waals surface area (Å²) < 4.78 is 5.00. The number of ether oxygens (including phenoxy) is 1. The lowest BCUT2D eigenvalue weighted by Gasteiger charge is -1.99. The summed E-state index contributed by atoms with van der Waals surface area (Å²) in [5.74, 6) is 0. The third-order valence-electron chi connectivity index (χ3n) is 1.46. The van der Waals surface area contributed by atoms with E-state index < -0.39 is 0 Å². The number of hydrogen-bond acceptors (Lipinski definition) is 2. The van der Waals surface area contributed by atoms with Gasteiger partial charge in [-0.3, -0.25) is 0 Å². The molecule has 2 rings (SSSR count). The molecule has 0 atom stereocenters. The van der Waals surface area contributed by atoms with Gasteiger partial charge in [-0.15, -0.1) is 12.4 Å². The molecule has 0 amide bonds. The van der Waals surface area contributed by atoms with Crippen molar-refractivity contribution >= 4 is 18.7 Å². The Morgan fingerprint density at radius 2 is 2.09 bits per heavy atom. The molecule has 1 aromatic rings. The first kappa shape index (κ1) is 8.08. The first-order chi connectivity index (χ1) is 4.97. The molecular formula is C8H8ClNO. The molecule has 3 heteroatoms. The van der Waals surface area contributed by atoms with Crippen molar-refractivity contribution in [3.05, 3.63) is 34.8 Å². The van der Waals surface area contributed by atoms with E-state index in [1.807, 2.05) is 24.3 Å². The van der Waals surface area contributed by atoms with Crippen LogP contribution in [0.1, 0.15) is 0 Å². The van der Waals surface area contributed by atoms with Gasteiger partial charge in [0, 0.05) is 5.22 Å². The predicted octanol–water partition coefficient (Wildman–Crippen LogP) is 0.454. The molecule has 0 unspecified atom stereocenters. The molecule has 0 saturated carbocycles. The summed E-state index contributed by atoms with van der Waals surface area (Å²) in [4.78, 5) is 4.14. The third-order valence-corrected chi connectivity index (χ3v) is 1.46. The first-order valence-corrected chi connectivity index (χ1v) is 3.18. The molecule has 0 spiro atoms. The molecular weight excluding hydrogens is 162 g/mol. The van der Waals surface area contributed by atoms with Crippen LogP contribution in [0.2, 0.25) is 0 Å². The zero-order valence-electron chi connectivity index (χ0n) is 5.86. The van der Waals surface area contributed by atoms with Gasteiger partial charge in [-0.1, -0.05) is 12.1 Å². The van der Waals surface area contributed by atoms with E-state index in [1.165, 1.54) is 0 Å². The molecule has 0 saturated heterocycles. The van der Waals surface area contributed by atoms with E-state index in [-0.39, 0.29) is 12.4 Å². The minimum Gasteiger partial charge on any atom is -0.478 e. The van der Waals surface area contributed by atoms with Gasteiger partial charge in [0.25, 0.3) is 0 Å². The summed E-state index contributed by atoms with van der Waals surface area (Å²) in [6, 6.07) is 7.91. The van der Waals surface area contributed by atoms with Gasteiger partial charge in [-0.2, -0.15) is 0 Å². The monoisotopic (exact) mass is 169 g/mol. The highest BCUT2D eigenvalue weighted by atomic mass is 35.5. The molecule has 58 valence electrons. The van der Waals surface area contributed by atoms with Gasteiger partial charge >= 0.3 is 0 Å². The topological polar surface area (TPSA) is 21.6 Å². The van der Waals surface area contributed by atoms with Gasteiger partial charge in [0.15, 0.2) is 6.73 Å². The Hall–Kier alpha value is -1.02. The second-order valence-corrected chi connectivity index (χ2v) is 2.13. The third kappa shape index (κ3) is 1.52. The molecule has 0 aliphatic carbocycles. The molecule has 2 nitrogen and oxygen atoms in total. The summed E-state index contributed by atoms with van der Waals surface area (Å²) in [7, 11) is 0. The van der Waals surface area contributed by atoms with Crippen LogP contribution in [0.4, 0.5) is 0 Å². The first-order valence-electron chi connectivity index (χ1n) is 3.18. The molecule has 0 bridgehead atoms. The second-order valence-electron chi connectivity index (χ2n) is 2.13. The van der Waals surface area contributed by atoms with E-state index >= 15 is 0 Å². The quantitative estimate of drug-likeness (QED) is 0.553. The number of halogens is 1. The fraction of sp³-hybridized carbons (Fsp3) is 0.125. The van der Waals surface area contributed by atoms with Crippen molar-refractivity contribution in [3.63, 3.8) is 0 Å². The standard InChI is InChI=1S/C8H7NO.ClH/c1-2-4-8-7(3-1)5-10-6-9-8;/h1-5H,6H2;1H. The molecule has 1 heterocycles. The molecule has 0 fully saturated rings. The highest BCUT2D eigenvalue weighted by molar-refractivity contribution is 5.85. The molecule has 0 aromatic heterocycles. The molecule has 1 aliphatic rings. The molecule has 11 heavy (non-hydrogen) atoms. The largest absolute Gasteiger partial charge is 0.478 e. The van der Waals surface area contributed by atoms with E-state index in [0.717, 1.165) is 10.6 Å². The Kier molecular flexibility index (Phi) is 2.49. The van der Waals surface area contributed by atoms with Crippen LogP contribution in [0.15, 0.2) is 29.3 Å². The van der Waals surface area contributed by atoms with E-state index in [9.17, 15) is 0 Å². The maximum Gasteiger partial charge on any atom is 0.178 e. The Labute approximate surface area is 70.6 Å². The summed E-state index contributed by atoms with van der Waals surface area (Å²) in [6.45, 7) is 0.455. The summed E-state index contributed by atoms with van der Waals surface area (Å²) in [6.07, 6.45) is 1.74. The molecule has 0 radical (unpaired) electrons. The lowest BCUT2D eigenvalue weighted by molar-refractivity contribution is 0.296. The lowest BCUT2D eigenvalue weighted by Crippen LogP contribution is -2.27. The summed E-state index contributed by atoms with van der Waals surface area (Å²) in [5.41, 5.74) is 0. The lowest BCUT2D eigenvalue weighted by atomic mass is 10.3. The number of nitrogens with zero attached hydrogens (tertiary/aromatic N) is 1. The smallest absolute Gasteiger partial charge is 0.178 e. The number of hydrogen-bond donors (Lipinski definition) is 0. The van der Waals surface area contributed by atoms with Gasteiger partial charge in [-0.05, 0) is 12.1 Å². The van der Waals surface area contributed by atoms with E-state index in [2.05, 4.69) is 4.99 Å². The van der Waals surface area contributed by atoms with E-state index in [1.54, 1.807) is 6.26 Å². The number of fused-ring (bicyclic) bond motifs is 1. The van der Waals surface area contributed by atoms with E-state index in [4.69, 9.17) is 4.74 Å². The number of para-hydroxylation sites is 1. The molecule has 0 N–H and O–H groups in total. The van der Waals surface area contributed by atoms with Gasteiger partial charge < -0.3 is 4.74 Å². The van der Waals surface area contributed by atoms with Crippen molar-refractivity contribution in [3.8, 4) is 0 Å². The fourth-order valence-corrected chi connectivity index (χ4v) is 0.965. The van der Waals surface area contributed by atoms with E-state index in [0.29, 0.717) is 6.73 Å². The van der Waals surface area contributed by atoms with Gasteiger partial charge in [0.2, 0.25) is 0 Å². The van der Waals surface area contributed by atoms with Crippen LogP contribution in [0.5, 0.6) is 0 Å².